The Balaban J connectivity index is 2.28. The fourth-order valence-corrected chi connectivity index (χ4v) is 1.53. The van der Waals surface area contributed by atoms with Crippen molar-refractivity contribution in [1.82, 2.24) is 4.98 Å². The largest absolute Gasteiger partial charge is 0.478 e. The number of amides is 1. The first kappa shape index (κ1) is 13.6. The number of halogens is 2. The zero-order valence-electron chi connectivity index (χ0n) is 9.93. The molecule has 0 bridgehead atoms. The minimum Gasteiger partial charge on any atom is -0.478 e. The number of carbonyl (C=O) groups excluding carboxylic acids is 1. The summed E-state index contributed by atoms with van der Waals surface area (Å²) in [5.41, 5.74) is -0.873. The van der Waals surface area contributed by atoms with E-state index in [1.165, 1.54) is 6.20 Å². The summed E-state index contributed by atoms with van der Waals surface area (Å²) in [6.07, 6.45) is 2.25. The number of nitrogens with zero attached hydrogens (tertiary/aromatic N) is 1. The van der Waals surface area contributed by atoms with Gasteiger partial charge in [0.05, 0.1) is 17.4 Å². The van der Waals surface area contributed by atoms with E-state index in [0.717, 1.165) is 30.5 Å². The van der Waals surface area contributed by atoms with Crippen molar-refractivity contribution < 1.29 is 23.5 Å². The lowest BCUT2D eigenvalue weighted by Gasteiger charge is -2.07. The lowest BCUT2D eigenvalue weighted by Crippen LogP contribution is -2.16. The lowest BCUT2D eigenvalue weighted by atomic mass is 10.1. The van der Waals surface area contributed by atoms with E-state index in [2.05, 4.69) is 10.3 Å². The second-order valence-corrected chi connectivity index (χ2v) is 3.82. The molecule has 7 heteroatoms. The molecule has 1 aromatic carbocycles. The maximum absolute atomic E-state index is 13.4. The molecule has 1 amide bonds. The number of aromatic nitrogens is 1. The van der Waals surface area contributed by atoms with Gasteiger partial charge in [-0.3, -0.25) is 9.78 Å². The molecule has 2 aromatic rings. The number of pyridine rings is 1. The fourth-order valence-electron chi connectivity index (χ4n) is 1.53. The van der Waals surface area contributed by atoms with Gasteiger partial charge in [0.1, 0.15) is 17.2 Å². The van der Waals surface area contributed by atoms with Crippen LogP contribution in [0, 0.1) is 11.6 Å². The molecule has 0 aliphatic rings. The van der Waals surface area contributed by atoms with Crippen LogP contribution in [0.15, 0.2) is 36.7 Å². The van der Waals surface area contributed by atoms with Crippen LogP contribution in [0.4, 0.5) is 14.5 Å². The van der Waals surface area contributed by atoms with Crippen LogP contribution in [0.1, 0.15) is 20.7 Å². The third kappa shape index (κ3) is 2.77. The van der Waals surface area contributed by atoms with E-state index < -0.39 is 29.1 Å². The van der Waals surface area contributed by atoms with Crippen molar-refractivity contribution in [2.45, 2.75) is 0 Å². The van der Waals surface area contributed by atoms with Gasteiger partial charge < -0.3 is 10.4 Å². The average Bonchev–Trinajstić information content (AvgIpc) is 2.38. The normalized spacial score (nSPS) is 10.1. The molecule has 0 radical (unpaired) electrons. The molecule has 0 atom stereocenters. The number of hydrogen-bond donors (Lipinski definition) is 2. The van der Waals surface area contributed by atoms with E-state index in [1.807, 2.05) is 0 Å². The van der Waals surface area contributed by atoms with Crippen molar-refractivity contribution in [2.75, 3.05) is 5.32 Å². The van der Waals surface area contributed by atoms with E-state index in [-0.39, 0.29) is 11.3 Å². The Morgan fingerprint density at radius 2 is 1.80 bits per heavy atom. The number of carboxylic acid groups (broad SMARTS) is 1. The predicted molar refractivity (Wildman–Crippen MR) is 65.5 cm³/mol. The molecule has 0 saturated carbocycles. The Kier molecular flexibility index (Phi) is 3.69. The number of nitrogens with one attached hydrogen (secondary N) is 1. The minimum atomic E-state index is -1.23. The first-order chi connectivity index (χ1) is 9.49. The number of aromatic carboxylic acids is 1. The fraction of sp³-hybridized carbons (Fsp3) is 0. The molecule has 1 heterocycles. The van der Waals surface area contributed by atoms with Crippen molar-refractivity contribution in [2.24, 2.45) is 0 Å². The van der Waals surface area contributed by atoms with Gasteiger partial charge in [0.2, 0.25) is 0 Å². The Labute approximate surface area is 111 Å². The Bertz CT molecular complexity index is 669. The maximum Gasteiger partial charge on any atom is 0.337 e. The van der Waals surface area contributed by atoms with Gasteiger partial charge in [0, 0.05) is 6.20 Å². The molecule has 1 aromatic heterocycles. The molecule has 0 aliphatic carbocycles. The number of rotatable bonds is 3. The van der Waals surface area contributed by atoms with Crippen LogP contribution in [-0.4, -0.2) is 22.0 Å². The van der Waals surface area contributed by atoms with Crippen LogP contribution in [0.2, 0.25) is 0 Å². The maximum atomic E-state index is 13.4. The quantitative estimate of drug-likeness (QED) is 0.903. The Morgan fingerprint density at radius 1 is 1.15 bits per heavy atom. The van der Waals surface area contributed by atoms with Crippen molar-refractivity contribution in [3.05, 3.63) is 59.4 Å². The van der Waals surface area contributed by atoms with E-state index in [0.29, 0.717) is 0 Å². The van der Waals surface area contributed by atoms with Gasteiger partial charge in [0.15, 0.2) is 0 Å². The molecular weight excluding hydrogens is 270 g/mol. The summed E-state index contributed by atoms with van der Waals surface area (Å²) in [4.78, 5) is 26.1. The molecule has 0 fully saturated rings. The summed E-state index contributed by atoms with van der Waals surface area (Å²) in [6.45, 7) is 0. The topological polar surface area (TPSA) is 79.3 Å². The zero-order chi connectivity index (χ0) is 14.7. The van der Waals surface area contributed by atoms with Crippen LogP contribution in [0.25, 0.3) is 0 Å². The number of anilines is 1. The summed E-state index contributed by atoms with van der Waals surface area (Å²) in [6, 6.07) is 4.16. The standard InChI is InChI=1S/C13H8F2N2O3/c14-9-2-1-3-10(15)11(9)12(18)17-8-4-7(13(19)20)5-16-6-8/h1-6H,(H,17,18)(H,19,20). The molecule has 0 spiro atoms. The van der Waals surface area contributed by atoms with Crippen LogP contribution >= 0.6 is 0 Å². The highest BCUT2D eigenvalue weighted by molar-refractivity contribution is 6.05. The third-order valence-corrected chi connectivity index (χ3v) is 2.43. The van der Waals surface area contributed by atoms with Gasteiger partial charge in [-0.2, -0.15) is 0 Å². The highest BCUT2D eigenvalue weighted by atomic mass is 19.1. The molecular formula is C13H8F2N2O3. The van der Waals surface area contributed by atoms with Crippen molar-refractivity contribution in [3.63, 3.8) is 0 Å². The van der Waals surface area contributed by atoms with E-state index in [9.17, 15) is 18.4 Å². The smallest absolute Gasteiger partial charge is 0.337 e. The SMILES string of the molecule is O=C(O)c1cncc(NC(=O)c2c(F)cccc2F)c1. The molecule has 0 saturated heterocycles. The predicted octanol–water partition coefficient (Wildman–Crippen LogP) is 2.31. The molecule has 2 N–H and O–H groups in total. The van der Waals surface area contributed by atoms with Crippen molar-refractivity contribution in [3.8, 4) is 0 Å². The first-order valence-electron chi connectivity index (χ1n) is 5.42. The first-order valence-corrected chi connectivity index (χ1v) is 5.42. The van der Waals surface area contributed by atoms with Crippen molar-refractivity contribution >= 4 is 17.6 Å². The van der Waals surface area contributed by atoms with Crippen molar-refractivity contribution in [1.29, 1.82) is 0 Å². The molecule has 0 aliphatic heterocycles. The van der Waals surface area contributed by atoms with Crippen LogP contribution < -0.4 is 5.32 Å². The minimum absolute atomic E-state index is 0.0255. The summed E-state index contributed by atoms with van der Waals surface area (Å²) in [7, 11) is 0. The van der Waals surface area contributed by atoms with Gasteiger partial charge in [-0.05, 0) is 18.2 Å². The third-order valence-electron chi connectivity index (χ3n) is 2.43. The average molecular weight is 278 g/mol. The highest BCUT2D eigenvalue weighted by Crippen LogP contribution is 2.15. The van der Waals surface area contributed by atoms with Gasteiger partial charge in [-0.15, -0.1) is 0 Å². The summed E-state index contributed by atoms with van der Waals surface area (Å²) < 4.78 is 26.8. The Hall–Kier alpha value is -2.83. The van der Waals surface area contributed by atoms with Gasteiger partial charge in [0.25, 0.3) is 5.91 Å². The summed E-state index contributed by atoms with van der Waals surface area (Å²) >= 11 is 0. The molecule has 5 nitrogen and oxygen atoms in total. The summed E-state index contributed by atoms with van der Waals surface area (Å²) in [5.74, 6) is -4.27. The van der Waals surface area contributed by atoms with Crippen LogP contribution in [-0.2, 0) is 0 Å². The van der Waals surface area contributed by atoms with Crippen LogP contribution in [0.5, 0.6) is 0 Å². The van der Waals surface area contributed by atoms with Gasteiger partial charge in [-0.1, -0.05) is 6.07 Å². The van der Waals surface area contributed by atoms with Gasteiger partial charge in [-0.25, -0.2) is 13.6 Å². The number of hydrogen-bond acceptors (Lipinski definition) is 3. The zero-order valence-corrected chi connectivity index (χ0v) is 9.93. The monoisotopic (exact) mass is 278 g/mol. The number of carbonyl (C=O) groups is 2. The Morgan fingerprint density at radius 3 is 2.40 bits per heavy atom. The van der Waals surface area contributed by atoms with Gasteiger partial charge >= 0.3 is 5.97 Å². The second-order valence-electron chi connectivity index (χ2n) is 3.82. The lowest BCUT2D eigenvalue weighted by molar-refractivity contribution is 0.0696. The second kappa shape index (κ2) is 5.43. The highest BCUT2D eigenvalue weighted by Gasteiger charge is 2.17. The molecule has 0 unspecified atom stereocenters. The molecule has 102 valence electrons. The summed E-state index contributed by atoms with van der Waals surface area (Å²) in [5, 5.41) is 11.0. The van der Waals surface area contributed by atoms with E-state index >= 15 is 0 Å². The number of carboxylic acids is 1. The molecule has 20 heavy (non-hydrogen) atoms. The molecule has 2 rings (SSSR count). The van der Waals surface area contributed by atoms with E-state index in [4.69, 9.17) is 5.11 Å². The van der Waals surface area contributed by atoms with E-state index in [1.54, 1.807) is 0 Å². The number of benzene rings is 1. The van der Waals surface area contributed by atoms with Crippen LogP contribution in [0.3, 0.4) is 0 Å².